The van der Waals surface area contributed by atoms with Gasteiger partial charge in [-0.2, -0.15) is 0 Å². The summed E-state index contributed by atoms with van der Waals surface area (Å²) in [6.45, 7) is 0. The predicted octanol–water partition coefficient (Wildman–Crippen LogP) is -0.737. The van der Waals surface area contributed by atoms with Gasteiger partial charge in [-0.25, -0.2) is 4.79 Å². The Morgan fingerprint density at radius 2 is 1.60 bits per heavy atom. The second-order valence-electron chi connectivity index (χ2n) is 0.283. The van der Waals surface area contributed by atoms with Gasteiger partial charge in [0.05, 0.1) is 0 Å². The molecule has 0 aromatic heterocycles. The molecule has 3 nitrogen and oxygen atoms in total. The minimum absolute atomic E-state index is 0. The zero-order valence-electron chi connectivity index (χ0n) is 1.80. The van der Waals surface area contributed by atoms with Crippen molar-refractivity contribution in [3.63, 3.8) is 0 Å². The van der Waals surface area contributed by atoms with Crippen LogP contribution in [-0.2, 0) is 0 Å². The lowest BCUT2D eigenvalue weighted by atomic mass is 11.5. The molecule has 0 unspecified atom stereocenters. The van der Waals surface area contributed by atoms with Gasteiger partial charge in [0.15, 0.2) is 0 Å². The van der Waals surface area contributed by atoms with Crippen LogP contribution in [0.3, 0.4) is 0 Å². The highest BCUT2D eigenvalue weighted by Gasteiger charge is 1.70. The van der Waals surface area contributed by atoms with Gasteiger partial charge in [-0.3, -0.25) is 0 Å². The molecule has 0 fully saturated rings. The van der Waals surface area contributed by atoms with Crippen molar-refractivity contribution in [1.29, 1.82) is 0 Å². The molecule has 0 radical (unpaired) electrons. The maximum atomic E-state index is 8.56. The number of rotatable bonds is 0. The Morgan fingerprint density at radius 1 is 1.60 bits per heavy atom. The first-order chi connectivity index (χ1) is 1.73. The van der Waals surface area contributed by atoms with E-state index in [9.17, 15) is 0 Å². The third-order valence-electron chi connectivity index (χ3n) is 0. The van der Waals surface area contributed by atoms with Crippen LogP contribution in [0.4, 0.5) is 4.79 Å². The van der Waals surface area contributed by atoms with E-state index in [2.05, 4.69) is 0 Å². The first kappa shape index (κ1) is 8.82. The highest BCUT2D eigenvalue weighted by molar-refractivity contribution is 5.75. The third-order valence-corrected chi connectivity index (χ3v) is 0. The molecule has 0 aromatic rings. The Kier molecular flexibility index (Phi) is 6.15. The van der Waals surface area contributed by atoms with Gasteiger partial charge >= 0.3 is 6.16 Å². The van der Waals surface area contributed by atoms with Gasteiger partial charge < -0.3 is 10.2 Å². The van der Waals surface area contributed by atoms with Crippen molar-refractivity contribution < 1.29 is 17.9 Å². The van der Waals surface area contributed by atoms with E-state index in [0.29, 0.717) is 0 Å². The van der Waals surface area contributed by atoms with Crippen molar-refractivity contribution in [1.82, 2.24) is 0 Å². The summed E-state index contributed by atoms with van der Waals surface area (Å²) in [5.41, 5.74) is 0. The van der Waals surface area contributed by atoms with Crippen LogP contribution in [0.25, 0.3) is 0 Å². The van der Waals surface area contributed by atoms with Gasteiger partial charge in [0.2, 0.25) is 0 Å². The zero-order valence-corrected chi connectivity index (χ0v) is 1.80. The fourth-order valence-electron chi connectivity index (χ4n) is 0. The standard InChI is InChI=1S/CH2O3.H4Si.2H2/c2-1(3)4;;;/h(H2,2,3,4);1H4;2*1H. The Morgan fingerprint density at radius 3 is 1.60 bits per heavy atom. The van der Waals surface area contributed by atoms with E-state index < -0.39 is 6.16 Å². The van der Waals surface area contributed by atoms with Crippen LogP contribution >= 0.6 is 0 Å². The smallest absolute Gasteiger partial charge is 0.450 e. The van der Waals surface area contributed by atoms with E-state index in [-0.39, 0.29) is 13.8 Å². The van der Waals surface area contributed by atoms with Crippen LogP contribution in [0.15, 0.2) is 0 Å². The molecule has 0 saturated carbocycles. The largest absolute Gasteiger partial charge is 0.503 e. The lowest BCUT2D eigenvalue weighted by Crippen LogP contribution is -1.81. The van der Waals surface area contributed by atoms with E-state index in [1.54, 1.807) is 0 Å². The second-order valence-corrected chi connectivity index (χ2v) is 0.283. The molecule has 36 valence electrons. The molecule has 0 amide bonds. The van der Waals surface area contributed by atoms with Crippen LogP contribution in [0.1, 0.15) is 2.85 Å². The van der Waals surface area contributed by atoms with Crippen molar-refractivity contribution in [3.8, 4) is 0 Å². The monoisotopic (exact) mass is 98.0 g/mol. The quantitative estimate of drug-likeness (QED) is 0.392. The highest BCUT2D eigenvalue weighted by atomic mass is 28.1. The van der Waals surface area contributed by atoms with Gasteiger partial charge in [0, 0.05) is 2.85 Å². The van der Waals surface area contributed by atoms with Gasteiger partial charge in [-0.1, -0.05) is 0 Å². The first-order valence-corrected chi connectivity index (χ1v) is 0.651. The molecule has 0 rings (SSSR count). The summed E-state index contributed by atoms with van der Waals surface area (Å²) in [4.78, 5) is 8.56. The van der Waals surface area contributed by atoms with Gasteiger partial charge in [0.1, 0.15) is 0 Å². The summed E-state index contributed by atoms with van der Waals surface area (Å²) in [5, 5.41) is 13.9. The number of carbonyl (C=O) groups is 1. The Bertz CT molecular complexity index is 35.9. The molecule has 0 aromatic carbocycles. The highest BCUT2D eigenvalue weighted by Crippen LogP contribution is 1.42. The van der Waals surface area contributed by atoms with Gasteiger partial charge in [0.25, 0.3) is 0 Å². The van der Waals surface area contributed by atoms with Crippen molar-refractivity contribution in [3.05, 3.63) is 0 Å². The molecule has 2 N–H and O–H groups in total. The minimum Gasteiger partial charge on any atom is -0.450 e. The fourth-order valence-corrected chi connectivity index (χ4v) is 0. The molecule has 0 spiro atoms. The van der Waals surface area contributed by atoms with Crippen LogP contribution in [0.2, 0.25) is 0 Å². The van der Waals surface area contributed by atoms with Crippen LogP contribution in [0.5, 0.6) is 0 Å². The summed E-state index contributed by atoms with van der Waals surface area (Å²) < 4.78 is 0. The molecule has 0 saturated heterocycles. The number of hydrogen-bond acceptors (Lipinski definition) is 1. The normalized spacial score (nSPS) is 4.80. The molecule has 4 heteroatoms. The van der Waals surface area contributed by atoms with Gasteiger partial charge in [-0.15, -0.1) is 0 Å². The average Bonchev–Trinajstić information content (AvgIpc) is 0.811. The molecule has 0 aliphatic heterocycles. The molecule has 5 heavy (non-hydrogen) atoms. The second kappa shape index (κ2) is 3.49. The van der Waals surface area contributed by atoms with Crippen LogP contribution in [-0.4, -0.2) is 27.3 Å². The van der Waals surface area contributed by atoms with Crippen molar-refractivity contribution in [2.75, 3.05) is 0 Å². The third kappa shape index (κ3) is 29.3. The summed E-state index contributed by atoms with van der Waals surface area (Å²) in [6.07, 6.45) is -1.83. The SMILES string of the molecule is O=C(O)O.[HH].[HH].[SiH4]. The molecular weight excluding hydrogens is 88.1 g/mol. The average molecular weight is 98.2 g/mol. The maximum absolute atomic E-state index is 8.56. The van der Waals surface area contributed by atoms with Crippen LogP contribution in [0, 0.1) is 0 Å². The Labute approximate surface area is 36.2 Å². The lowest BCUT2D eigenvalue weighted by molar-refractivity contribution is 0.137. The molecular formula is CH10O3Si. The number of carboxylic acid groups (broad SMARTS) is 2. The summed E-state index contributed by atoms with van der Waals surface area (Å²) in [7, 11) is 0. The van der Waals surface area contributed by atoms with E-state index in [1.165, 1.54) is 0 Å². The molecule has 0 atom stereocenters. The van der Waals surface area contributed by atoms with E-state index >= 15 is 0 Å². The summed E-state index contributed by atoms with van der Waals surface area (Å²) in [5.74, 6) is 0. The Balaban J connectivity index is -0.0000000150. The van der Waals surface area contributed by atoms with Crippen molar-refractivity contribution in [2.45, 2.75) is 0 Å². The molecule has 0 aliphatic rings. The van der Waals surface area contributed by atoms with Crippen molar-refractivity contribution >= 4 is 17.1 Å². The first-order valence-electron chi connectivity index (χ1n) is 0.651. The molecule has 0 bridgehead atoms. The molecule has 0 heterocycles. The number of hydrogen-bond donors (Lipinski definition) is 2. The van der Waals surface area contributed by atoms with Gasteiger partial charge in [-0.05, 0) is 11.0 Å². The van der Waals surface area contributed by atoms with Crippen molar-refractivity contribution in [2.24, 2.45) is 0 Å². The lowest BCUT2D eigenvalue weighted by Gasteiger charge is -1.60. The fraction of sp³-hybridized carbons (Fsp3) is 0. The summed E-state index contributed by atoms with van der Waals surface area (Å²) >= 11 is 0. The topological polar surface area (TPSA) is 57.5 Å². The predicted molar refractivity (Wildman–Crippen MR) is 26.2 cm³/mol. The van der Waals surface area contributed by atoms with Crippen LogP contribution < -0.4 is 0 Å². The Hall–Kier alpha value is -0.513. The molecule has 0 aliphatic carbocycles. The van der Waals surface area contributed by atoms with E-state index in [1.807, 2.05) is 0 Å². The minimum atomic E-state index is -1.83. The van der Waals surface area contributed by atoms with E-state index in [4.69, 9.17) is 15.0 Å². The van der Waals surface area contributed by atoms with E-state index in [0.717, 1.165) is 0 Å². The summed E-state index contributed by atoms with van der Waals surface area (Å²) in [6, 6.07) is 0. The zero-order chi connectivity index (χ0) is 3.58. The maximum Gasteiger partial charge on any atom is 0.503 e.